The minimum atomic E-state index is -0.0564. The Morgan fingerprint density at radius 3 is 2.65 bits per heavy atom. The number of hydrogen-bond donors (Lipinski definition) is 2. The van der Waals surface area contributed by atoms with Crippen LogP contribution in [0.25, 0.3) is 0 Å². The van der Waals surface area contributed by atoms with E-state index in [0.717, 1.165) is 32.0 Å². The Kier molecular flexibility index (Phi) is 5.67. The number of carbonyl (C=O) groups is 2. The highest BCUT2D eigenvalue weighted by atomic mass is 32.1. The van der Waals surface area contributed by atoms with Crippen molar-refractivity contribution in [1.29, 1.82) is 0 Å². The molecule has 0 atom stereocenters. The molecule has 0 radical (unpaired) electrons. The quantitative estimate of drug-likeness (QED) is 0.749. The summed E-state index contributed by atoms with van der Waals surface area (Å²) in [5.74, 6) is 0.0544. The summed E-state index contributed by atoms with van der Waals surface area (Å²) in [6.07, 6.45) is 6.01. The van der Waals surface area contributed by atoms with Gasteiger partial charge in [-0.15, -0.1) is 0 Å². The summed E-state index contributed by atoms with van der Waals surface area (Å²) < 4.78 is 0. The van der Waals surface area contributed by atoms with Gasteiger partial charge in [0, 0.05) is 49.1 Å². The van der Waals surface area contributed by atoms with Gasteiger partial charge >= 0.3 is 0 Å². The van der Waals surface area contributed by atoms with Crippen molar-refractivity contribution in [3.05, 3.63) is 22.4 Å². The summed E-state index contributed by atoms with van der Waals surface area (Å²) in [5.41, 5.74) is 0.696. The van der Waals surface area contributed by atoms with Crippen LogP contribution in [0.15, 0.2) is 16.8 Å². The van der Waals surface area contributed by atoms with Gasteiger partial charge < -0.3 is 15.5 Å². The predicted octanol–water partition coefficient (Wildman–Crippen LogP) is 2.00. The molecule has 0 unspecified atom stereocenters. The molecular formula is C17H25N3O2S. The Bertz CT molecular complexity index is 520. The highest BCUT2D eigenvalue weighted by Gasteiger charge is 2.31. The molecule has 1 saturated heterocycles. The van der Waals surface area contributed by atoms with E-state index in [9.17, 15) is 9.59 Å². The lowest BCUT2D eigenvalue weighted by atomic mass is 10.0. The number of nitrogens with one attached hydrogen (secondary N) is 2. The second-order valence-electron chi connectivity index (χ2n) is 6.48. The van der Waals surface area contributed by atoms with Crippen molar-refractivity contribution >= 4 is 23.2 Å². The monoisotopic (exact) mass is 335 g/mol. The zero-order chi connectivity index (χ0) is 16.1. The third-order valence-corrected chi connectivity index (χ3v) is 5.29. The molecule has 1 aromatic rings. The number of carbonyl (C=O) groups excluding carboxylic acids is 2. The molecule has 2 fully saturated rings. The van der Waals surface area contributed by atoms with E-state index in [1.165, 1.54) is 24.2 Å². The summed E-state index contributed by atoms with van der Waals surface area (Å²) in [4.78, 5) is 26.3. The third kappa shape index (κ3) is 5.04. The SMILES string of the molecule is O=C(CCCNC(=O)c1ccsc1)NC1CCN(C2CC2)CC1. The van der Waals surface area contributed by atoms with E-state index in [1.807, 2.05) is 10.8 Å². The van der Waals surface area contributed by atoms with Gasteiger partial charge in [-0.05, 0) is 43.6 Å². The predicted molar refractivity (Wildman–Crippen MR) is 91.6 cm³/mol. The molecule has 6 heteroatoms. The average Bonchev–Trinajstić information content (AvgIpc) is 3.26. The molecule has 1 saturated carbocycles. The molecule has 2 aliphatic rings. The lowest BCUT2D eigenvalue weighted by Crippen LogP contribution is -2.45. The maximum Gasteiger partial charge on any atom is 0.252 e. The fraction of sp³-hybridized carbons (Fsp3) is 0.647. The zero-order valence-electron chi connectivity index (χ0n) is 13.4. The van der Waals surface area contributed by atoms with E-state index < -0.39 is 0 Å². The van der Waals surface area contributed by atoms with Crippen molar-refractivity contribution in [3.8, 4) is 0 Å². The molecule has 1 aliphatic heterocycles. The lowest BCUT2D eigenvalue weighted by Gasteiger charge is -2.32. The maximum atomic E-state index is 12.0. The van der Waals surface area contributed by atoms with Crippen molar-refractivity contribution in [3.63, 3.8) is 0 Å². The van der Waals surface area contributed by atoms with Crippen LogP contribution in [0.5, 0.6) is 0 Å². The van der Waals surface area contributed by atoms with Gasteiger partial charge in [0.1, 0.15) is 0 Å². The van der Waals surface area contributed by atoms with Crippen LogP contribution in [0.1, 0.15) is 48.9 Å². The molecule has 23 heavy (non-hydrogen) atoms. The molecule has 2 N–H and O–H groups in total. The summed E-state index contributed by atoms with van der Waals surface area (Å²) in [5, 5.41) is 9.70. The third-order valence-electron chi connectivity index (χ3n) is 4.61. The molecule has 0 aromatic carbocycles. The first kappa shape index (κ1) is 16.5. The Morgan fingerprint density at radius 2 is 2.00 bits per heavy atom. The summed E-state index contributed by atoms with van der Waals surface area (Å²) in [6.45, 7) is 2.78. The number of thiophene rings is 1. The van der Waals surface area contributed by atoms with Crippen LogP contribution < -0.4 is 10.6 Å². The van der Waals surface area contributed by atoms with Crippen molar-refractivity contribution < 1.29 is 9.59 Å². The van der Waals surface area contributed by atoms with Crippen molar-refractivity contribution in [2.24, 2.45) is 0 Å². The first-order chi connectivity index (χ1) is 11.2. The van der Waals surface area contributed by atoms with Crippen LogP contribution in [0.3, 0.4) is 0 Å². The van der Waals surface area contributed by atoms with E-state index in [-0.39, 0.29) is 11.8 Å². The number of hydrogen-bond acceptors (Lipinski definition) is 4. The van der Waals surface area contributed by atoms with Gasteiger partial charge in [-0.1, -0.05) is 0 Å². The number of amides is 2. The molecule has 126 valence electrons. The molecular weight excluding hydrogens is 310 g/mol. The van der Waals surface area contributed by atoms with Crippen molar-refractivity contribution in [2.75, 3.05) is 19.6 Å². The van der Waals surface area contributed by atoms with Crippen LogP contribution in [-0.4, -0.2) is 48.4 Å². The standard InChI is InChI=1S/C17H25N3O2S/c21-16(2-1-8-18-17(22)13-7-11-23-12-13)19-14-5-9-20(10-6-14)15-3-4-15/h7,11-12,14-15H,1-6,8-10H2,(H,18,22)(H,19,21). The minimum absolute atomic E-state index is 0.0564. The maximum absolute atomic E-state index is 12.0. The van der Waals surface area contributed by atoms with Crippen molar-refractivity contribution in [2.45, 2.75) is 50.6 Å². The van der Waals surface area contributed by atoms with Gasteiger partial charge in [-0.3, -0.25) is 9.59 Å². The fourth-order valence-corrected chi connectivity index (χ4v) is 3.73. The summed E-state index contributed by atoms with van der Waals surface area (Å²) in [6, 6.07) is 2.97. The average molecular weight is 335 g/mol. The zero-order valence-corrected chi connectivity index (χ0v) is 14.2. The van der Waals surface area contributed by atoms with Gasteiger partial charge in [0.05, 0.1) is 0 Å². The molecule has 1 aromatic heterocycles. The van der Waals surface area contributed by atoms with E-state index in [4.69, 9.17) is 0 Å². The summed E-state index contributed by atoms with van der Waals surface area (Å²) in [7, 11) is 0. The highest BCUT2D eigenvalue weighted by Crippen LogP contribution is 2.29. The first-order valence-corrected chi connectivity index (χ1v) is 9.50. The van der Waals surface area contributed by atoms with Gasteiger partial charge in [-0.25, -0.2) is 0 Å². The molecule has 5 nitrogen and oxygen atoms in total. The van der Waals surface area contributed by atoms with Gasteiger partial charge in [-0.2, -0.15) is 11.3 Å². The topological polar surface area (TPSA) is 61.4 Å². The van der Waals surface area contributed by atoms with E-state index in [1.54, 1.807) is 6.07 Å². The lowest BCUT2D eigenvalue weighted by molar-refractivity contribution is -0.122. The van der Waals surface area contributed by atoms with Crippen LogP contribution in [0, 0.1) is 0 Å². The van der Waals surface area contributed by atoms with Gasteiger partial charge in [0.25, 0.3) is 5.91 Å². The van der Waals surface area contributed by atoms with E-state index in [0.29, 0.717) is 31.0 Å². The molecule has 0 spiro atoms. The molecule has 2 amide bonds. The largest absolute Gasteiger partial charge is 0.353 e. The second-order valence-corrected chi connectivity index (χ2v) is 7.26. The minimum Gasteiger partial charge on any atom is -0.353 e. The second kappa shape index (κ2) is 7.93. The molecule has 2 heterocycles. The number of rotatable bonds is 7. The Labute approximate surface area is 141 Å². The smallest absolute Gasteiger partial charge is 0.252 e. The molecule has 1 aliphatic carbocycles. The number of likely N-dealkylation sites (tertiary alicyclic amines) is 1. The Balaban J connectivity index is 1.26. The van der Waals surface area contributed by atoms with Crippen LogP contribution in [-0.2, 0) is 4.79 Å². The number of nitrogens with zero attached hydrogens (tertiary/aromatic N) is 1. The number of piperidine rings is 1. The van der Waals surface area contributed by atoms with Gasteiger partial charge in [0.2, 0.25) is 5.91 Å². The van der Waals surface area contributed by atoms with E-state index >= 15 is 0 Å². The first-order valence-electron chi connectivity index (χ1n) is 8.56. The fourth-order valence-electron chi connectivity index (χ4n) is 3.10. The van der Waals surface area contributed by atoms with Crippen LogP contribution >= 0.6 is 11.3 Å². The van der Waals surface area contributed by atoms with Crippen molar-refractivity contribution in [1.82, 2.24) is 15.5 Å². The van der Waals surface area contributed by atoms with E-state index in [2.05, 4.69) is 15.5 Å². The molecule has 0 bridgehead atoms. The molecule has 3 rings (SSSR count). The Morgan fingerprint density at radius 1 is 1.22 bits per heavy atom. The van der Waals surface area contributed by atoms with Crippen LogP contribution in [0.2, 0.25) is 0 Å². The van der Waals surface area contributed by atoms with Gasteiger partial charge in [0.15, 0.2) is 0 Å². The Hall–Kier alpha value is -1.40. The normalized spacial score (nSPS) is 19.5. The van der Waals surface area contributed by atoms with Crippen LogP contribution in [0.4, 0.5) is 0 Å². The summed E-state index contributed by atoms with van der Waals surface area (Å²) >= 11 is 1.51. The highest BCUT2D eigenvalue weighted by molar-refractivity contribution is 7.08.